The number of H-pyrrole nitrogens is 1. The first-order valence-electron chi connectivity index (χ1n) is 7.52. The van der Waals surface area contributed by atoms with Crippen LogP contribution in [0.25, 0.3) is 0 Å². The zero-order valence-corrected chi connectivity index (χ0v) is 12.6. The first-order valence-corrected chi connectivity index (χ1v) is 7.52. The van der Waals surface area contributed by atoms with E-state index in [9.17, 15) is 10.1 Å². The molecular weight excluding hydrogens is 276 g/mol. The number of hydrogen-bond acceptors (Lipinski definition) is 4. The van der Waals surface area contributed by atoms with E-state index in [0.29, 0.717) is 18.1 Å². The Hall–Kier alpha value is -2.61. The Morgan fingerprint density at radius 1 is 1.32 bits per heavy atom. The van der Waals surface area contributed by atoms with Crippen molar-refractivity contribution < 1.29 is 0 Å². The Morgan fingerprint density at radius 2 is 2.05 bits per heavy atom. The molecule has 112 valence electrons. The third-order valence-electron chi connectivity index (χ3n) is 4.09. The van der Waals surface area contributed by atoms with Crippen molar-refractivity contribution >= 4 is 5.82 Å². The fraction of sp³-hybridized carbons (Fsp3) is 0.353. The van der Waals surface area contributed by atoms with Crippen molar-refractivity contribution in [3.8, 4) is 6.07 Å². The highest BCUT2D eigenvalue weighted by molar-refractivity contribution is 5.53. The maximum atomic E-state index is 12.2. The lowest BCUT2D eigenvalue weighted by molar-refractivity contribution is 0.870. The number of nitrogens with zero attached hydrogens (tertiary/aromatic N) is 3. The molecule has 0 bridgehead atoms. The van der Waals surface area contributed by atoms with Crippen molar-refractivity contribution in [3.63, 3.8) is 0 Å². The van der Waals surface area contributed by atoms with Gasteiger partial charge >= 0.3 is 0 Å². The van der Waals surface area contributed by atoms with Crippen LogP contribution in [0.3, 0.4) is 0 Å². The summed E-state index contributed by atoms with van der Waals surface area (Å²) in [6, 6.07) is 10.0. The molecule has 3 rings (SSSR count). The van der Waals surface area contributed by atoms with Crippen molar-refractivity contribution in [2.75, 3.05) is 18.0 Å². The van der Waals surface area contributed by atoms with E-state index in [-0.39, 0.29) is 11.1 Å². The van der Waals surface area contributed by atoms with Gasteiger partial charge in [0.25, 0.3) is 5.56 Å². The topological polar surface area (TPSA) is 72.8 Å². The van der Waals surface area contributed by atoms with Gasteiger partial charge in [-0.1, -0.05) is 24.3 Å². The molecule has 1 aromatic carbocycles. The molecule has 5 heteroatoms. The molecule has 0 spiro atoms. The molecule has 1 fully saturated rings. The first kappa shape index (κ1) is 14.3. The second kappa shape index (κ2) is 6.02. The van der Waals surface area contributed by atoms with Crippen molar-refractivity contribution in [1.29, 1.82) is 5.26 Å². The molecule has 1 aliphatic rings. The Bertz CT molecular complexity index is 782. The second-order valence-corrected chi connectivity index (χ2v) is 5.62. The number of hydrogen-bond donors (Lipinski definition) is 1. The van der Waals surface area contributed by atoms with Gasteiger partial charge in [0.2, 0.25) is 0 Å². The number of benzene rings is 1. The molecule has 1 aromatic heterocycles. The summed E-state index contributed by atoms with van der Waals surface area (Å²) in [6.45, 7) is 3.75. The molecule has 0 atom stereocenters. The summed E-state index contributed by atoms with van der Waals surface area (Å²) in [5.41, 5.74) is 2.07. The minimum Gasteiger partial charge on any atom is -0.355 e. The van der Waals surface area contributed by atoms with Gasteiger partial charge in [0, 0.05) is 19.5 Å². The molecule has 1 aliphatic heterocycles. The van der Waals surface area contributed by atoms with Crippen LogP contribution >= 0.6 is 0 Å². The van der Waals surface area contributed by atoms with Gasteiger partial charge in [-0.2, -0.15) is 5.26 Å². The summed E-state index contributed by atoms with van der Waals surface area (Å²) in [6.07, 6.45) is 2.72. The summed E-state index contributed by atoms with van der Waals surface area (Å²) in [5.74, 6) is 1.15. The summed E-state index contributed by atoms with van der Waals surface area (Å²) < 4.78 is 0. The fourth-order valence-corrected chi connectivity index (χ4v) is 2.84. The predicted octanol–water partition coefficient (Wildman–Crippen LogP) is 2.14. The molecule has 1 saturated heterocycles. The molecular formula is C17H18N4O. The molecule has 5 nitrogen and oxygen atoms in total. The molecule has 0 unspecified atom stereocenters. The Morgan fingerprint density at radius 3 is 2.73 bits per heavy atom. The van der Waals surface area contributed by atoms with Crippen LogP contribution in [0.5, 0.6) is 0 Å². The Kier molecular flexibility index (Phi) is 3.92. The van der Waals surface area contributed by atoms with Gasteiger partial charge in [0.15, 0.2) is 11.4 Å². The van der Waals surface area contributed by atoms with Gasteiger partial charge in [-0.05, 0) is 30.9 Å². The molecule has 0 aliphatic carbocycles. The highest BCUT2D eigenvalue weighted by Gasteiger charge is 2.20. The van der Waals surface area contributed by atoms with Crippen LogP contribution in [-0.2, 0) is 6.42 Å². The van der Waals surface area contributed by atoms with Crippen LogP contribution in [0, 0.1) is 18.3 Å². The monoisotopic (exact) mass is 294 g/mol. The average molecular weight is 294 g/mol. The summed E-state index contributed by atoms with van der Waals surface area (Å²) >= 11 is 0. The van der Waals surface area contributed by atoms with Crippen LogP contribution in [0.4, 0.5) is 5.82 Å². The number of nitrogens with one attached hydrogen (secondary N) is 1. The van der Waals surface area contributed by atoms with Gasteiger partial charge in [0.1, 0.15) is 11.9 Å². The van der Waals surface area contributed by atoms with Crippen molar-refractivity contribution in [2.45, 2.75) is 26.2 Å². The standard InChI is InChI=1S/C17H18N4O/c1-12-6-2-3-7-13(12)10-15-19-16(21-8-4-5-9-21)14(11-18)17(22)20-15/h2-3,6-7H,4-5,8-10H2,1H3,(H,19,20,22). The van der Waals surface area contributed by atoms with Crippen LogP contribution in [-0.4, -0.2) is 23.1 Å². The maximum Gasteiger partial charge on any atom is 0.271 e. The highest BCUT2D eigenvalue weighted by atomic mass is 16.1. The summed E-state index contributed by atoms with van der Waals surface area (Å²) in [7, 11) is 0. The SMILES string of the molecule is Cc1ccccc1Cc1nc(N2CCCC2)c(C#N)c(=O)[nH]1. The highest BCUT2D eigenvalue weighted by Crippen LogP contribution is 2.20. The fourth-order valence-electron chi connectivity index (χ4n) is 2.84. The third kappa shape index (κ3) is 2.73. The lowest BCUT2D eigenvalue weighted by atomic mass is 10.1. The molecule has 2 heterocycles. The van der Waals surface area contributed by atoms with Gasteiger partial charge < -0.3 is 9.88 Å². The van der Waals surface area contributed by atoms with Crippen LogP contribution in [0.15, 0.2) is 29.1 Å². The van der Waals surface area contributed by atoms with Crippen LogP contribution in [0.1, 0.15) is 35.4 Å². The van der Waals surface area contributed by atoms with E-state index in [1.165, 1.54) is 0 Å². The largest absolute Gasteiger partial charge is 0.355 e. The van der Waals surface area contributed by atoms with Gasteiger partial charge in [-0.15, -0.1) is 0 Å². The zero-order chi connectivity index (χ0) is 15.5. The van der Waals surface area contributed by atoms with Gasteiger partial charge in [-0.3, -0.25) is 4.79 Å². The average Bonchev–Trinajstić information content (AvgIpc) is 3.03. The minimum atomic E-state index is -0.344. The number of nitriles is 1. The molecule has 2 aromatic rings. The second-order valence-electron chi connectivity index (χ2n) is 5.62. The van der Waals surface area contributed by atoms with E-state index in [0.717, 1.165) is 37.1 Å². The van der Waals surface area contributed by atoms with E-state index >= 15 is 0 Å². The van der Waals surface area contributed by atoms with E-state index in [4.69, 9.17) is 0 Å². The number of rotatable bonds is 3. The van der Waals surface area contributed by atoms with Crippen molar-refractivity contribution in [2.24, 2.45) is 0 Å². The van der Waals surface area contributed by atoms with E-state index in [1.807, 2.05) is 42.2 Å². The summed E-state index contributed by atoms with van der Waals surface area (Å²) in [5, 5.41) is 9.25. The zero-order valence-electron chi connectivity index (χ0n) is 12.6. The van der Waals surface area contributed by atoms with Crippen molar-refractivity contribution in [3.05, 3.63) is 57.1 Å². The quantitative estimate of drug-likeness (QED) is 0.941. The Balaban J connectivity index is 2.01. The lowest BCUT2D eigenvalue weighted by Gasteiger charge is -2.18. The maximum absolute atomic E-state index is 12.2. The molecule has 0 amide bonds. The number of aromatic nitrogens is 2. The van der Waals surface area contributed by atoms with Gasteiger partial charge in [0.05, 0.1) is 0 Å². The molecule has 0 radical (unpaired) electrons. The number of aromatic amines is 1. The Labute approximate surface area is 129 Å². The van der Waals surface area contributed by atoms with Crippen LogP contribution < -0.4 is 10.5 Å². The van der Waals surface area contributed by atoms with E-state index in [1.54, 1.807) is 0 Å². The summed E-state index contributed by atoms with van der Waals surface area (Å²) in [4.78, 5) is 21.5. The van der Waals surface area contributed by atoms with E-state index in [2.05, 4.69) is 9.97 Å². The predicted molar refractivity (Wildman–Crippen MR) is 85.0 cm³/mol. The molecule has 0 saturated carbocycles. The third-order valence-corrected chi connectivity index (χ3v) is 4.09. The lowest BCUT2D eigenvalue weighted by Crippen LogP contribution is -2.26. The molecule has 1 N–H and O–H groups in total. The van der Waals surface area contributed by atoms with Gasteiger partial charge in [-0.25, -0.2) is 4.98 Å². The molecule has 22 heavy (non-hydrogen) atoms. The van der Waals surface area contributed by atoms with Crippen LogP contribution in [0.2, 0.25) is 0 Å². The smallest absolute Gasteiger partial charge is 0.271 e. The number of aryl methyl sites for hydroxylation is 1. The first-order chi connectivity index (χ1) is 10.7. The normalized spacial score (nSPS) is 14.1. The number of anilines is 1. The van der Waals surface area contributed by atoms with E-state index < -0.39 is 0 Å². The van der Waals surface area contributed by atoms with Crippen molar-refractivity contribution in [1.82, 2.24) is 9.97 Å². The minimum absolute atomic E-state index is 0.121.